The summed E-state index contributed by atoms with van der Waals surface area (Å²) < 4.78 is 74.1. The number of nitrogens with zero attached hydrogens (tertiary/aromatic N) is 2. The molecule has 0 bridgehead atoms. The zero-order valence-corrected chi connectivity index (χ0v) is 18.2. The van der Waals surface area contributed by atoms with E-state index in [9.17, 15) is 36.3 Å². The molecule has 0 unspecified atom stereocenters. The molecule has 2 rings (SSSR count). The number of hydrogen-bond acceptors (Lipinski definition) is 7. The maximum atomic E-state index is 13.9. The first-order chi connectivity index (χ1) is 16.4. The number of halogens is 5. The second-order valence-electron chi connectivity index (χ2n) is 7.17. The predicted octanol–water partition coefficient (Wildman–Crippen LogP) is 3.70. The van der Waals surface area contributed by atoms with Gasteiger partial charge in [0.2, 0.25) is 11.7 Å². The van der Waals surface area contributed by atoms with E-state index in [2.05, 4.69) is 15.1 Å². The number of carbonyl (C=O) groups is 3. The lowest BCUT2D eigenvalue weighted by atomic mass is 10.1. The van der Waals surface area contributed by atoms with Gasteiger partial charge in [-0.1, -0.05) is 17.3 Å². The number of anilines is 1. The number of rotatable bonds is 11. The summed E-state index contributed by atoms with van der Waals surface area (Å²) in [6, 6.07) is 2.93. The summed E-state index contributed by atoms with van der Waals surface area (Å²) in [7, 11) is 0. The van der Waals surface area contributed by atoms with Gasteiger partial charge in [0, 0.05) is 31.5 Å². The molecule has 3 N–H and O–H groups in total. The molecule has 0 aliphatic carbocycles. The number of hydrazine groups is 1. The highest BCUT2D eigenvalue weighted by atomic mass is 19.4. The normalized spacial score (nSPS) is 12.2. The van der Waals surface area contributed by atoms with Gasteiger partial charge in [0.1, 0.15) is 6.61 Å². The number of aliphatic carboxylic acids is 1. The Hall–Kier alpha value is -3.75. The molecule has 192 valence electrons. The van der Waals surface area contributed by atoms with E-state index in [-0.39, 0.29) is 31.4 Å². The molecule has 1 heterocycles. The Morgan fingerprint density at radius 2 is 1.97 bits per heavy atom. The van der Waals surface area contributed by atoms with Crippen molar-refractivity contribution >= 4 is 23.8 Å². The lowest BCUT2D eigenvalue weighted by Crippen LogP contribution is -2.50. The Morgan fingerprint density at radius 1 is 1.26 bits per heavy atom. The van der Waals surface area contributed by atoms with Crippen LogP contribution in [0.4, 0.5) is 32.6 Å². The summed E-state index contributed by atoms with van der Waals surface area (Å²) in [5.41, 5.74) is 2.49. The monoisotopic (exact) mass is 508 g/mol. The van der Waals surface area contributed by atoms with Crippen LogP contribution in [0.1, 0.15) is 37.5 Å². The third kappa shape index (κ3) is 8.51. The van der Waals surface area contributed by atoms with Crippen LogP contribution < -0.4 is 10.7 Å². The molecule has 10 nitrogen and oxygen atoms in total. The third-order valence-electron chi connectivity index (χ3n) is 4.53. The standard InChI is InChI=1S/C20H21F5N4O6/c1-11(30)29(26-9-12-4-2-6-14(21)18(12)22)13(5-3-7-17(31)32)10-34-19(33)27-16-8-15(35-28-16)20(23,24)25/h2,4,6,8,13,26H,3,5,7,9-10H2,1H3,(H,31,32)(H,27,28,33)/t13-/m0/s1. The summed E-state index contributed by atoms with van der Waals surface area (Å²) in [6.07, 6.45) is -6.24. The predicted molar refractivity (Wildman–Crippen MR) is 107 cm³/mol. The molecule has 35 heavy (non-hydrogen) atoms. The van der Waals surface area contributed by atoms with Crippen molar-refractivity contribution < 1.29 is 50.7 Å². The molecule has 0 fully saturated rings. The van der Waals surface area contributed by atoms with Crippen molar-refractivity contribution in [2.45, 2.75) is 44.9 Å². The van der Waals surface area contributed by atoms with E-state index in [1.807, 2.05) is 5.32 Å². The topological polar surface area (TPSA) is 134 Å². The molecule has 0 aliphatic rings. The van der Waals surface area contributed by atoms with Crippen molar-refractivity contribution in [2.24, 2.45) is 0 Å². The molecule has 0 spiro atoms. The minimum Gasteiger partial charge on any atom is -0.481 e. The highest BCUT2D eigenvalue weighted by Gasteiger charge is 2.36. The summed E-state index contributed by atoms with van der Waals surface area (Å²) in [4.78, 5) is 35.0. The zero-order chi connectivity index (χ0) is 26.2. The fourth-order valence-electron chi connectivity index (χ4n) is 2.91. The van der Waals surface area contributed by atoms with Gasteiger partial charge >= 0.3 is 18.2 Å². The second-order valence-corrected chi connectivity index (χ2v) is 7.17. The lowest BCUT2D eigenvalue weighted by molar-refractivity contribution is -0.155. The van der Waals surface area contributed by atoms with Gasteiger partial charge in [-0.2, -0.15) is 13.2 Å². The van der Waals surface area contributed by atoms with Crippen molar-refractivity contribution in [1.82, 2.24) is 15.6 Å². The van der Waals surface area contributed by atoms with Gasteiger partial charge in [-0.05, 0) is 18.9 Å². The number of carboxylic acid groups (broad SMARTS) is 1. The van der Waals surface area contributed by atoms with Crippen LogP contribution in [0.15, 0.2) is 28.8 Å². The Balaban J connectivity index is 2.06. The number of ether oxygens (including phenoxy) is 1. The van der Waals surface area contributed by atoms with Gasteiger partial charge in [-0.25, -0.2) is 19.0 Å². The molecule has 1 aromatic heterocycles. The fraction of sp³-hybridized carbons (Fsp3) is 0.400. The lowest BCUT2D eigenvalue weighted by Gasteiger charge is -2.31. The van der Waals surface area contributed by atoms with Crippen LogP contribution >= 0.6 is 0 Å². The first kappa shape index (κ1) is 27.5. The molecule has 0 radical (unpaired) electrons. The van der Waals surface area contributed by atoms with E-state index in [0.29, 0.717) is 6.07 Å². The fourth-order valence-corrected chi connectivity index (χ4v) is 2.91. The first-order valence-corrected chi connectivity index (χ1v) is 10.0. The van der Waals surface area contributed by atoms with Crippen LogP contribution in [0.25, 0.3) is 0 Å². The van der Waals surface area contributed by atoms with Crippen molar-refractivity contribution in [1.29, 1.82) is 0 Å². The van der Waals surface area contributed by atoms with Crippen molar-refractivity contribution in [2.75, 3.05) is 11.9 Å². The number of benzene rings is 1. The van der Waals surface area contributed by atoms with Gasteiger partial charge < -0.3 is 14.4 Å². The highest BCUT2D eigenvalue weighted by molar-refractivity contribution is 5.83. The minimum absolute atomic E-state index is 0.0139. The van der Waals surface area contributed by atoms with Gasteiger partial charge in [0.15, 0.2) is 17.5 Å². The van der Waals surface area contributed by atoms with Gasteiger partial charge in [0.25, 0.3) is 0 Å². The number of nitrogens with one attached hydrogen (secondary N) is 2. The smallest absolute Gasteiger partial charge is 0.452 e. The SMILES string of the molecule is CC(=O)N(NCc1cccc(F)c1F)[C@@H](CCCC(=O)O)COC(=O)Nc1cc(C(F)(F)F)on1. The first-order valence-electron chi connectivity index (χ1n) is 10.0. The van der Waals surface area contributed by atoms with Crippen LogP contribution in [-0.2, 0) is 27.0 Å². The Bertz CT molecular complexity index is 1050. The average Bonchev–Trinajstić information content (AvgIpc) is 3.23. The Morgan fingerprint density at radius 3 is 2.57 bits per heavy atom. The van der Waals surface area contributed by atoms with E-state index in [1.165, 1.54) is 12.1 Å². The quantitative estimate of drug-likeness (QED) is 0.309. The zero-order valence-electron chi connectivity index (χ0n) is 18.2. The molecule has 2 aromatic rings. The number of hydrogen-bond donors (Lipinski definition) is 3. The molecule has 2 amide bonds. The van der Waals surface area contributed by atoms with Gasteiger partial charge in [0.05, 0.1) is 6.04 Å². The number of carboxylic acids is 1. The highest BCUT2D eigenvalue weighted by Crippen LogP contribution is 2.30. The molecule has 0 saturated heterocycles. The van der Waals surface area contributed by atoms with Gasteiger partial charge in [-0.15, -0.1) is 0 Å². The third-order valence-corrected chi connectivity index (χ3v) is 4.53. The largest absolute Gasteiger partial charge is 0.481 e. The van der Waals surface area contributed by atoms with Crippen LogP contribution in [0.5, 0.6) is 0 Å². The van der Waals surface area contributed by atoms with E-state index in [4.69, 9.17) is 9.84 Å². The van der Waals surface area contributed by atoms with Crippen LogP contribution in [0.3, 0.4) is 0 Å². The summed E-state index contributed by atoms with van der Waals surface area (Å²) in [5.74, 6) is -5.98. The van der Waals surface area contributed by atoms with Crippen molar-refractivity contribution in [3.8, 4) is 0 Å². The van der Waals surface area contributed by atoms with Crippen molar-refractivity contribution in [3.05, 3.63) is 47.2 Å². The summed E-state index contributed by atoms with van der Waals surface area (Å²) in [5, 5.41) is 14.8. The number of amides is 2. The maximum absolute atomic E-state index is 13.9. The second kappa shape index (κ2) is 12.1. The van der Waals surface area contributed by atoms with E-state index < -0.39 is 60.0 Å². The van der Waals surface area contributed by atoms with E-state index >= 15 is 0 Å². The Labute approximate surface area is 195 Å². The summed E-state index contributed by atoms with van der Waals surface area (Å²) in [6.45, 7) is 0.283. The van der Waals surface area contributed by atoms with Gasteiger partial charge in [-0.3, -0.25) is 19.9 Å². The maximum Gasteiger partial charge on any atom is 0.452 e. The molecule has 0 aliphatic heterocycles. The molecular weight excluding hydrogens is 487 g/mol. The number of carbonyl (C=O) groups excluding carboxylic acids is 2. The number of alkyl halides is 3. The number of aromatic nitrogens is 1. The Kier molecular flexibility index (Phi) is 9.50. The van der Waals surface area contributed by atoms with E-state index in [0.717, 1.165) is 18.0 Å². The molecule has 1 aromatic carbocycles. The van der Waals surface area contributed by atoms with E-state index in [1.54, 1.807) is 0 Å². The van der Waals surface area contributed by atoms with Crippen molar-refractivity contribution in [3.63, 3.8) is 0 Å². The molecule has 15 heteroatoms. The summed E-state index contributed by atoms with van der Waals surface area (Å²) >= 11 is 0. The van der Waals surface area contributed by atoms with Crippen LogP contribution in [-0.4, -0.2) is 45.9 Å². The molecular formula is C20H21F5N4O6. The minimum atomic E-state index is -4.82. The average molecular weight is 508 g/mol. The van der Waals surface area contributed by atoms with Crippen LogP contribution in [0.2, 0.25) is 0 Å². The van der Waals surface area contributed by atoms with Crippen LogP contribution in [0, 0.1) is 11.6 Å². The molecule has 1 atom stereocenters. The molecule has 0 saturated carbocycles.